The number of carbonyl (C=O) groups is 3. The Bertz CT molecular complexity index is 343. The van der Waals surface area contributed by atoms with Crippen molar-refractivity contribution in [3.8, 4) is 0 Å². The summed E-state index contributed by atoms with van der Waals surface area (Å²) in [5.41, 5.74) is 0.173. The first kappa shape index (κ1) is 14.7. The molecule has 0 saturated heterocycles. The molecule has 0 bridgehead atoms. The molecule has 0 aromatic carbocycles. The van der Waals surface area contributed by atoms with Crippen LogP contribution in [0, 0.1) is 0 Å². The molecule has 0 saturated carbocycles. The Labute approximate surface area is 97.3 Å². The van der Waals surface area contributed by atoms with Gasteiger partial charge < -0.3 is 19.3 Å². The molecule has 0 aliphatic carbocycles. The van der Waals surface area contributed by atoms with Gasteiger partial charge in [0.2, 0.25) is 6.79 Å². The Kier molecular flexibility index (Phi) is 6.84. The normalized spacial score (nSPS) is 9.71. The van der Waals surface area contributed by atoms with Crippen LogP contribution in [0.2, 0.25) is 0 Å². The summed E-state index contributed by atoms with van der Waals surface area (Å²) in [6.45, 7) is 3.92. The molecule has 0 aromatic heterocycles. The molecule has 0 radical (unpaired) electrons. The summed E-state index contributed by atoms with van der Waals surface area (Å²) in [5.74, 6) is -1.85. The fourth-order valence-corrected chi connectivity index (χ4v) is 0.561. The van der Waals surface area contributed by atoms with E-state index in [4.69, 9.17) is 5.11 Å². The number of aliphatic carboxylic acids is 1. The van der Waals surface area contributed by atoms with E-state index in [1.807, 2.05) is 0 Å². The van der Waals surface area contributed by atoms with Crippen molar-refractivity contribution in [3.63, 3.8) is 0 Å². The molecule has 94 valence electrons. The third kappa shape index (κ3) is 8.67. The minimum absolute atomic E-state index is 0.173. The monoisotopic (exact) mass is 244 g/mol. The van der Waals surface area contributed by atoms with Gasteiger partial charge in [-0.05, 0) is 13.0 Å². The van der Waals surface area contributed by atoms with Gasteiger partial charge in [-0.1, -0.05) is 6.58 Å². The quantitative estimate of drug-likeness (QED) is 0.420. The van der Waals surface area contributed by atoms with Gasteiger partial charge in [-0.25, -0.2) is 14.4 Å². The molecule has 7 nitrogen and oxygen atoms in total. The van der Waals surface area contributed by atoms with Gasteiger partial charge in [0.25, 0.3) is 0 Å². The van der Waals surface area contributed by atoms with Gasteiger partial charge in [-0.2, -0.15) is 0 Å². The van der Waals surface area contributed by atoms with Gasteiger partial charge in [0.05, 0.1) is 0 Å². The van der Waals surface area contributed by atoms with Crippen LogP contribution < -0.4 is 0 Å². The first-order valence-corrected chi connectivity index (χ1v) is 4.45. The van der Waals surface area contributed by atoms with Crippen molar-refractivity contribution in [2.75, 3.05) is 13.4 Å². The number of carbonyl (C=O) groups excluding carboxylic acids is 2. The van der Waals surface area contributed by atoms with Gasteiger partial charge >= 0.3 is 18.1 Å². The predicted octanol–water partition coefficient (Wildman–Crippen LogP) is 0.857. The maximum absolute atomic E-state index is 10.8. The molecule has 0 aliphatic heterocycles. The summed E-state index contributed by atoms with van der Waals surface area (Å²) in [6, 6.07) is 0. The highest BCUT2D eigenvalue weighted by molar-refractivity contribution is 5.86. The van der Waals surface area contributed by atoms with Crippen molar-refractivity contribution < 1.29 is 33.7 Å². The molecule has 0 fully saturated rings. The second-order valence-corrected chi connectivity index (χ2v) is 2.78. The zero-order valence-electron chi connectivity index (χ0n) is 9.17. The van der Waals surface area contributed by atoms with Gasteiger partial charge in [-0.15, -0.1) is 0 Å². The van der Waals surface area contributed by atoms with E-state index >= 15 is 0 Å². The lowest BCUT2D eigenvalue weighted by Crippen LogP contribution is -2.14. The van der Waals surface area contributed by atoms with Crippen molar-refractivity contribution in [1.29, 1.82) is 0 Å². The molecule has 0 aliphatic rings. The summed E-state index contributed by atoms with van der Waals surface area (Å²) in [6.07, 6.45) is 0.854. The highest BCUT2D eigenvalue weighted by atomic mass is 16.8. The van der Waals surface area contributed by atoms with Crippen LogP contribution in [0.4, 0.5) is 4.79 Å². The molecule has 0 aromatic rings. The minimum Gasteiger partial charge on any atom is -0.478 e. The Balaban J connectivity index is 3.64. The average molecular weight is 244 g/mol. The zero-order chi connectivity index (χ0) is 13.3. The molecule has 7 heteroatoms. The van der Waals surface area contributed by atoms with E-state index in [0.717, 1.165) is 12.2 Å². The summed E-state index contributed by atoms with van der Waals surface area (Å²) in [4.78, 5) is 31.7. The number of carboxylic acids is 1. The molecule has 0 rings (SSSR count). The minimum atomic E-state index is -1.16. The van der Waals surface area contributed by atoms with E-state index in [-0.39, 0.29) is 12.2 Å². The smallest absolute Gasteiger partial charge is 0.478 e. The zero-order valence-corrected chi connectivity index (χ0v) is 9.17. The molecule has 17 heavy (non-hydrogen) atoms. The van der Waals surface area contributed by atoms with Crippen LogP contribution in [-0.2, 0) is 23.8 Å². The Morgan fingerprint density at radius 1 is 1.24 bits per heavy atom. The molecular formula is C10H12O7. The van der Waals surface area contributed by atoms with Crippen molar-refractivity contribution in [3.05, 3.63) is 24.3 Å². The van der Waals surface area contributed by atoms with Crippen LogP contribution in [0.5, 0.6) is 0 Å². The average Bonchev–Trinajstić information content (AvgIpc) is 2.23. The van der Waals surface area contributed by atoms with Gasteiger partial charge in [0, 0.05) is 11.6 Å². The predicted molar refractivity (Wildman–Crippen MR) is 55.0 cm³/mol. The van der Waals surface area contributed by atoms with Gasteiger partial charge in [-0.3, -0.25) is 0 Å². The molecule has 0 amide bonds. The largest absolute Gasteiger partial charge is 0.511 e. The first-order chi connectivity index (χ1) is 7.93. The van der Waals surface area contributed by atoms with Crippen LogP contribution in [0.15, 0.2) is 24.3 Å². The Morgan fingerprint density at radius 3 is 2.41 bits per heavy atom. The lowest BCUT2D eigenvalue weighted by Gasteiger charge is -2.05. The first-order valence-electron chi connectivity index (χ1n) is 4.45. The number of ether oxygens (including phenoxy) is 3. The molecular weight excluding hydrogens is 232 g/mol. The van der Waals surface area contributed by atoms with E-state index in [1.54, 1.807) is 0 Å². The molecule has 0 unspecified atom stereocenters. The van der Waals surface area contributed by atoms with E-state index in [9.17, 15) is 14.4 Å². The van der Waals surface area contributed by atoms with Crippen LogP contribution >= 0.6 is 0 Å². The second-order valence-electron chi connectivity index (χ2n) is 2.78. The summed E-state index contributed by atoms with van der Waals surface area (Å²) >= 11 is 0. The molecule has 1 N–H and O–H groups in total. The molecule has 0 heterocycles. The third-order valence-corrected chi connectivity index (χ3v) is 1.27. The van der Waals surface area contributed by atoms with E-state index in [0.29, 0.717) is 0 Å². The SMILES string of the molecule is C=C(C)C(=O)OCOC(=O)OC/C=C/C(=O)O. The number of esters is 1. The number of hydrogen-bond acceptors (Lipinski definition) is 6. The van der Waals surface area contributed by atoms with Crippen LogP contribution in [-0.4, -0.2) is 36.6 Å². The van der Waals surface area contributed by atoms with E-state index in [1.165, 1.54) is 6.92 Å². The van der Waals surface area contributed by atoms with Gasteiger partial charge in [0.15, 0.2) is 0 Å². The third-order valence-electron chi connectivity index (χ3n) is 1.27. The summed E-state index contributed by atoms with van der Waals surface area (Å²) in [7, 11) is 0. The maximum atomic E-state index is 10.8. The molecule has 0 spiro atoms. The van der Waals surface area contributed by atoms with Crippen LogP contribution in [0.1, 0.15) is 6.92 Å². The summed E-state index contributed by atoms with van der Waals surface area (Å²) in [5, 5.41) is 8.21. The topological polar surface area (TPSA) is 99.1 Å². The van der Waals surface area contributed by atoms with E-state index in [2.05, 4.69) is 20.8 Å². The summed E-state index contributed by atoms with van der Waals surface area (Å²) < 4.78 is 13.2. The highest BCUT2D eigenvalue weighted by Gasteiger charge is 2.06. The second kappa shape index (κ2) is 7.91. The number of hydrogen-bond donors (Lipinski definition) is 1. The highest BCUT2D eigenvalue weighted by Crippen LogP contribution is 1.93. The Hall–Kier alpha value is -2.31. The molecule has 0 atom stereocenters. The maximum Gasteiger partial charge on any atom is 0.511 e. The van der Waals surface area contributed by atoms with Crippen molar-refractivity contribution in [2.45, 2.75) is 6.92 Å². The van der Waals surface area contributed by atoms with Crippen LogP contribution in [0.3, 0.4) is 0 Å². The standard InChI is InChI=1S/C10H12O7/c1-7(2)9(13)16-6-17-10(14)15-5-3-4-8(11)12/h3-4H,1,5-6H2,2H3,(H,11,12)/b4-3+. The van der Waals surface area contributed by atoms with Crippen molar-refractivity contribution in [2.24, 2.45) is 0 Å². The lowest BCUT2D eigenvalue weighted by molar-refractivity contribution is -0.148. The van der Waals surface area contributed by atoms with Crippen LogP contribution in [0.25, 0.3) is 0 Å². The van der Waals surface area contributed by atoms with Gasteiger partial charge in [0.1, 0.15) is 6.61 Å². The lowest BCUT2D eigenvalue weighted by atomic mass is 10.4. The van der Waals surface area contributed by atoms with E-state index < -0.39 is 24.9 Å². The van der Waals surface area contributed by atoms with Crippen molar-refractivity contribution in [1.82, 2.24) is 0 Å². The van der Waals surface area contributed by atoms with Crippen molar-refractivity contribution >= 4 is 18.1 Å². The fraction of sp³-hybridized carbons (Fsp3) is 0.300. The number of rotatable bonds is 6. The number of carboxylic acid groups (broad SMARTS) is 1. The Morgan fingerprint density at radius 2 is 1.88 bits per heavy atom. The fourth-order valence-electron chi connectivity index (χ4n) is 0.561.